The van der Waals surface area contributed by atoms with Crippen LogP contribution < -0.4 is 4.74 Å². The van der Waals surface area contributed by atoms with E-state index in [0.717, 1.165) is 22.4 Å². The Labute approximate surface area is 191 Å². The fourth-order valence-electron chi connectivity index (χ4n) is 3.18. The number of carbonyl (C=O) groups is 1. The van der Waals surface area contributed by atoms with Gasteiger partial charge >= 0.3 is 5.97 Å². The predicted octanol–water partition coefficient (Wildman–Crippen LogP) is 7.56. The number of aromatic nitrogens is 2. The van der Waals surface area contributed by atoms with Gasteiger partial charge in [0.05, 0.1) is 27.3 Å². The van der Waals surface area contributed by atoms with Gasteiger partial charge in [-0.05, 0) is 48.2 Å². The van der Waals surface area contributed by atoms with Gasteiger partial charge in [0, 0.05) is 11.4 Å². The van der Waals surface area contributed by atoms with E-state index in [4.69, 9.17) is 44.6 Å². The Hall–Kier alpha value is -2.01. The molecule has 0 radical (unpaired) electrons. The Morgan fingerprint density at radius 1 is 1.03 bits per heavy atom. The molecule has 3 aromatic rings. The molecule has 0 amide bonds. The molecule has 0 saturated heterocycles. The molecule has 1 heterocycles. The molecule has 1 aromatic heterocycles. The van der Waals surface area contributed by atoms with Crippen molar-refractivity contribution in [2.45, 2.75) is 46.1 Å². The third kappa shape index (κ3) is 4.66. The van der Waals surface area contributed by atoms with Crippen LogP contribution in [0.3, 0.4) is 0 Å². The zero-order chi connectivity index (χ0) is 22.0. The van der Waals surface area contributed by atoms with Crippen LogP contribution in [-0.4, -0.2) is 15.7 Å². The summed E-state index contributed by atoms with van der Waals surface area (Å²) in [6.45, 7) is 7.85. The number of ether oxygens (including phenoxy) is 1. The van der Waals surface area contributed by atoms with Gasteiger partial charge in [0.1, 0.15) is 0 Å². The molecule has 0 N–H and O–H groups in total. The van der Waals surface area contributed by atoms with Crippen LogP contribution in [0.15, 0.2) is 42.5 Å². The first-order valence-electron chi connectivity index (χ1n) is 9.76. The molecule has 2 aromatic carbocycles. The number of hydrogen-bond donors (Lipinski definition) is 0. The van der Waals surface area contributed by atoms with Gasteiger partial charge in [-0.25, -0.2) is 4.68 Å². The van der Waals surface area contributed by atoms with Gasteiger partial charge in [0.25, 0.3) is 0 Å². The predicted molar refractivity (Wildman–Crippen MR) is 123 cm³/mol. The zero-order valence-corrected chi connectivity index (χ0v) is 19.5. The number of benzene rings is 2. The Bertz CT molecular complexity index is 1060. The molecular formula is C23H23Cl3N2O2. The molecule has 1 unspecified atom stereocenters. The van der Waals surface area contributed by atoms with Crippen molar-refractivity contribution in [2.75, 3.05) is 0 Å². The summed E-state index contributed by atoms with van der Waals surface area (Å²) in [5.74, 6) is 0.187. The summed E-state index contributed by atoms with van der Waals surface area (Å²) >= 11 is 18.4. The molecule has 3 rings (SSSR count). The van der Waals surface area contributed by atoms with Crippen molar-refractivity contribution in [3.05, 3.63) is 68.8 Å². The van der Waals surface area contributed by atoms with Gasteiger partial charge in [0.2, 0.25) is 5.88 Å². The van der Waals surface area contributed by atoms with E-state index in [0.29, 0.717) is 20.9 Å². The summed E-state index contributed by atoms with van der Waals surface area (Å²) in [7, 11) is 0. The fourth-order valence-corrected chi connectivity index (χ4v) is 3.61. The molecule has 0 saturated carbocycles. The standard InChI is InChI=1S/C23H23Cl3N2O2/c1-5-20(29)30-23-21(15-6-9-17(24)10-7-15)22(13(2)3)27-28(23)14(4)16-8-11-18(25)19(26)12-16/h6-14H,5H2,1-4H3. The van der Waals surface area contributed by atoms with E-state index in [-0.39, 0.29) is 24.3 Å². The molecule has 0 aliphatic carbocycles. The summed E-state index contributed by atoms with van der Waals surface area (Å²) < 4.78 is 7.55. The second-order valence-electron chi connectivity index (χ2n) is 7.35. The van der Waals surface area contributed by atoms with Gasteiger partial charge in [0.15, 0.2) is 0 Å². The van der Waals surface area contributed by atoms with Gasteiger partial charge in [-0.3, -0.25) is 4.79 Å². The van der Waals surface area contributed by atoms with Crippen molar-refractivity contribution in [2.24, 2.45) is 0 Å². The molecule has 158 valence electrons. The van der Waals surface area contributed by atoms with Crippen molar-refractivity contribution in [3.8, 4) is 17.0 Å². The fraction of sp³-hybridized carbons (Fsp3) is 0.304. The average Bonchev–Trinajstić information content (AvgIpc) is 3.09. The van der Waals surface area contributed by atoms with E-state index >= 15 is 0 Å². The smallest absolute Gasteiger partial charge is 0.312 e. The third-order valence-electron chi connectivity index (χ3n) is 4.87. The topological polar surface area (TPSA) is 44.1 Å². The number of halogens is 3. The van der Waals surface area contributed by atoms with E-state index in [1.807, 2.05) is 37.3 Å². The average molecular weight is 466 g/mol. The number of carbonyl (C=O) groups excluding carboxylic acids is 1. The summed E-state index contributed by atoms with van der Waals surface area (Å²) in [6, 6.07) is 12.6. The molecule has 7 heteroatoms. The Morgan fingerprint density at radius 2 is 1.70 bits per heavy atom. The summed E-state index contributed by atoms with van der Waals surface area (Å²) in [5.41, 5.74) is 3.41. The zero-order valence-electron chi connectivity index (χ0n) is 17.2. The van der Waals surface area contributed by atoms with Crippen LogP contribution in [0, 0.1) is 0 Å². The van der Waals surface area contributed by atoms with Crippen molar-refractivity contribution in [1.82, 2.24) is 9.78 Å². The number of esters is 1. The van der Waals surface area contributed by atoms with E-state index in [1.54, 1.807) is 23.7 Å². The lowest BCUT2D eigenvalue weighted by atomic mass is 9.99. The van der Waals surface area contributed by atoms with Gasteiger partial charge in [-0.2, -0.15) is 5.10 Å². The number of nitrogens with zero attached hydrogens (tertiary/aromatic N) is 2. The lowest BCUT2D eigenvalue weighted by molar-refractivity contribution is -0.134. The van der Waals surface area contributed by atoms with Gasteiger partial charge < -0.3 is 4.74 Å². The summed E-state index contributed by atoms with van der Waals surface area (Å²) in [5, 5.41) is 6.43. The minimum absolute atomic E-state index is 0.108. The van der Waals surface area contributed by atoms with Crippen molar-refractivity contribution in [3.63, 3.8) is 0 Å². The summed E-state index contributed by atoms with van der Waals surface area (Å²) in [4.78, 5) is 12.3. The second kappa shape index (κ2) is 9.42. The quantitative estimate of drug-likeness (QED) is 0.353. The third-order valence-corrected chi connectivity index (χ3v) is 5.86. The molecule has 1 atom stereocenters. The largest absolute Gasteiger partial charge is 0.407 e. The maximum Gasteiger partial charge on any atom is 0.312 e. The van der Waals surface area contributed by atoms with E-state index < -0.39 is 0 Å². The number of rotatable bonds is 6. The van der Waals surface area contributed by atoms with Crippen molar-refractivity contribution < 1.29 is 9.53 Å². The summed E-state index contributed by atoms with van der Waals surface area (Å²) in [6.07, 6.45) is 0.253. The molecule has 4 nitrogen and oxygen atoms in total. The molecule has 0 aliphatic heterocycles. The SMILES string of the molecule is CCC(=O)Oc1c(-c2ccc(Cl)cc2)c(C(C)C)nn1C(C)c1ccc(Cl)c(Cl)c1. The van der Waals surface area contributed by atoms with Crippen LogP contribution in [0.4, 0.5) is 0 Å². The molecule has 0 spiro atoms. The van der Waals surface area contributed by atoms with Gasteiger partial charge in [-0.15, -0.1) is 0 Å². The first-order valence-corrected chi connectivity index (χ1v) is 10.9. The van der Waals surface area contributed by atoms with Crippen LogP contribution in [0.1, 0.15) is 57.3 Å². The van der Waals surface area contributed by atoms with E-state index in [2.05, 4.69) is 13.8 Å². The Kier molecular flexibility index (Phi) is 7.12. The Morgan fingerprint density at radius 3 is 2.27 bits per heavy atom. The van der Waals surface area contributed by atoms with Crippen LogP contribution in [-0.2, 0) is 4.79 Å². The highest BCUT2D eigenvalue weighted by molar-refractivity contribution is 6.42. The minimum atomic E-state index is -0.331. The van der Waals surface area contributed by atoms with E-state index in [1.165, 1.54) is 0 Å². The normalized spacial score (nSPS) is 12.3. The van der Waals surface area contributed by atoms with Crippen molar-refractivity contribution >= 4 is 40.8 Å². The Balaban J connectivity index is 2.23. The van der Waals surface area contributed by atoms with Crippen LogP contribution in [0.2, 0.25) is 15.1 Å². The molecular weight excluding hydrogens is 443 g/mol. The van der Waals surface area contributed by atoms with Crippen LogP contribution in [0.25, 0.3) is 11.1 Å². The van der Waals surface area contributed by atoms with Crippen LogP contribution >= 0.6 is 34.8 Å². The van der Waals surface area contributed by atoms with Gasteiger partial charge in [-0.1, -0.05) is 73.8 Å². The van der Waals surface area contributed by atoms with Crippen molar-refractivity contribution in [1.29, 1.82) is 0 Å². The lowest BCUT2D eigenvalue weighted by Crippen LogP contribution is -2.15. The second-order valence-corrected chi connectivity index (χ2v) is 8.60. The lowest BCUT2D eigenvalue weighted by Gasteiger charge is -2.17. The number of hydrogen-bond acceptors (Lipinski definition) is 3. The molecule has 0 fully saturated rings. The highest BCUT2D eigenvalue weighted by Crippen LogP contribution is 2.40. The monoisotopic (exact) mass is 464 g/mol. The molecule has 0 bridgehead atoms. The maximum absolute atomic E-state index is 12.3. The minimum Gasteiger partial charge on any atom is -0.407 e. The highest BCUT2D eigenvalue weighted by atomic mass is 35.5. The molecule has 0 aliphatic rings. The van der Waals surface area contributed by atoms with Crippen LogP contribution in [0.5, 0.6) is 5.88 Å². The highest BCUT2D eigenvalue weighted by Gasteiger charge is 2.27. The maximum atomic E-state index is 12.3. The first kappa shape index (κ1) is 22.7. The molecule has 30 heavy (non-hydrogen) atoms. The first-order chi connectivity index (χ1) is 14.2. The van der Waals surface area contributed by atoms with E-state index in [9.17, 15) is 4.79 Å².